The fourth-order valence-electron chi connectivity index (χ4n) is 4.98. The second-order valence-electron chi connectivity index (χ2n) is 10.2. The molecule has 9 nitrogen and oxygen atoms in total. The number of hydrogen-bond donors (Lipinski definition) is 3. The number of unbranched alkanes of at least 4 members (excludes halogenated alkanes) is 1. The molecule has 2 aromatic heterocycles. The van der Waals surface area contributed by atoms with Gasteiger partial charge >= 0.3 is 5.97 Å². The van der Waals surface area contributed by atoms with E-state index in [4.69, 9.17) is 9.72 Å². The van der Waals surface area contributed by atoms with Crippen molar-refractivity contribution in [1.29, 1.82) is 0 Å². The van der Waals surface area contributed by atoms with Crippen LogP contribution in [0.15, 0.2) is 30.3 Å². The smallest absolute Gasteiger partial charge is 0.326 e. The molecule has 0 radical (unpaired) electrons. The molecule has 4 rings (SSSR count). The Hall–Kier alpha value is -3.44. The van der Waals surface area contributed by atoms with Gasteiger partial charge in [-0.1, -0.05) is 6.07 Å². The average molecular weight is 557 g/mol. The molecule has 3 heterocycles. The molecule has 216 valence electrons. The van der Waals surface area contributed by atoms with Gasteiger partial charge in [-0.2, -0.15) is 0 Å². The largest absolute Gasteiger partial charge is 0.480 e. The summed E-state index contributed by atoms with van der Waals surface area (Å²) in [4.78, 5) is 27.6. The Bertz CT molecular complexity index is 1280. The SMILES string of the molecule is CO[C@H](CF)CN(CCCCc1ccc2c(n1)NCCC2)CCC(Nc1nc(C)nc2cc(F)ccc12)C(=O)O. The molecule has 11 heteroatoms. The van der Waals surface area contributed by atoms with Gasteiger partial charge in [0, 0.05) is 43.9 Å². The van der Waals surface area contributed by atoms with Crippen molar-refractivity contribution in [2.75, 3.05) is 50.6 Å². The lowest BCUT2D eigenvalue weighted by Gasteiger charge is -2.27. The fourth-order valence-corrected chi connectivity index (χ4v) is 4.98. The molecule has 0 aliphatic carbocycles. The zero-order chi connectivity index (χ0) is 28.5. The average Bonchev–Trinajstić information content (AvgIpc) is 2.94. The number of anilines is 2. The number of aliphatic carboxylic acids is 1. The van der Waals surface area contributed by atoms with E-state index >= 15 is 0 Å². The number of methoxy groups -OCH3 is 1. The van der Waals surface area contributed by atoms with Gasteiger partial charge in [0.15, 0.2) is 0 Å². The maximum Gasteiger partial charge on any atom is 0.326 e. The predicted octanol–water partition coefficient (Wildman–Crippen LogP) is 4.40. The molecule has 1 aliphatic heterocycles. The van der Waals surface area contributed by atoms with Crippen LogP contribution in [0.1, 0.15) is 42.8 Å². The molecule has 40 heavy (non-hydrogen) atoms. The van der Waals surface area contributed by atoms with Crippen LogP contribution in [0.5, 0.6) is 0 Å². The molecule has 1 aromatic carbocycles. The lowest BCUT2D eigenvalue weighted by atomic mass is 10.1. The number of aryl methyl sites for hydroxylation is 3. The van der Waals surface area contributed by atoms with Gasteiger partial charge in [-0.15, -0.1) is 0 Å². The van der Waals surface area contributed by atoms with Crippen LogP contribution in [-0.4, -0.2) is 83.0 Å². The summed E-state index contributed by atoms with van der Waals surface area (Å²) >= 11 is 0. The number of benzene rings is 1. The third-order valence-corrected chi connectivity index (χ3v) is 7.19. The highest BCUT2D eigenvalue weighted by Crippen LogP contribution is 2.23. The van der Waals surface area contributed by atoms with Gasteiger partial charge in [-0.05, 0) is 75.8 Å². The summed E-state index contributed by atoms with van der Waals surface area (Å²) in [5.74, 6) is 0.266. The van der Waals surface area contributed by atoms with Gasteiger partial charge in [-0.3, -0.25) is 0 Å². The van der Waals surface area contributed by atoms with Crippen LogP contribution in [0.2, 0.25) is 0 Å². The highest BCUT2D eigenvalue weighted by molar-refractivity contribution is 5.91. The number of rotatable bonds is 15. The van der Waals surface area contributed by atoms with E-state index in [1.807, 2.05) is 4.90 Å². The molecule has 0 saturated carbocycles. The van der Waals surface area contributed by atoms with E-state index in [1.54, 1.807) is 6.92 Å². The lowest BCUT2D eigenvalue weighted by molar-refractivity contribution is -0.138. The van der Waals surface area contributed by atoms with Crippen molar-refractivity contribution >= 4 is 28.5 Å². The first-order chi connectivity index (χ1) is 19.4. The second-order valence-corrected chi connectivity index (χ2v) is 10.2. The molecule has 2 atom stereocenters. The Morgan fingerprint density at radius 1 is 1.20 bits per heavy atom. The van der Waals surface area contributed by atoms with E-state index in [1.165, 1.54) is 30.9 Å². The third-order valence-electron chi connectivity index (χ3n) is 7.19. The maximum absolute atomic E-state index is 13.7. The van der Waals surface area contributed by atoms with Gasteiger partial charge in [0.05, 0.1) is 11.6 Å². The summed E-state index contributed by atoms with van der Waals surface area (Å²) in [6.07, 6.45) is 4.42. The van der Waals surface area contributed by atoms with Crippen LogP contribution in [0.25, 0.3) is 10.9 Å². The Labute approximate surface area is 233 Å². The van der Waals surface area contributed by atoms with E-state index in [2.05, 4.69) is 32.7 Å². The minimum Gasteiger partial charge on any atom is -0.480 e. The Balaban J connectivity index is 1.37. The van der Waals surface area contributed by atoms with Crippen LogP contribution in [-0.2, 0) is 22.4 Å². The summed E-state index contributed by atoms with van der Waals surface area (Å²) < 4.78 is 32.5. The molecule has 3 N–H and O–H groups in total. The second kappa shape index (κ2) is 14.3. The fraction of sp³-hybridized carbons (Fsp3) is 0.517. The number of carboxylic acids is 1. The molecule has 1 unspecified atom stereocenters. The number of nitrogens with zero attached hydrogens (tertiary/aromatic N) is 4. The molecule has 0 spiro atoms. The van der Waals surface area contributed by atoms with Crippen molar-refractivity contribution in [2.24, 2.45) is 0 Å². The van der Waals surface area contributed by atoms with E-state index < -0.39 is 30.6 Å². The van der Waals surface area contributed by atoms with Gasteiger partial charge in [0.1, 0.15) is 36.0 Å². The van der Waals surface area contributed by atoms with Gasteiger partial charge in [-0.25, -0.2) is 28.5 Å². The van der Waals surface area contributed by atoms with Crippen molar-refractivity contribution in [2.45, 2.75) is 57.6 Å². The Morgan fingerprint density at radius 3 is 2.83 bits per heavy atom. The molecule has 0 saturated heterocycles. The number of carboxylic acid groups (broad SMARTS) is 1. The molecular formula is C29H38F2N6O3. The highest BCUT2D eigenvalue weighted by atomic mass is 19.1. The van der Waals surface area contributed by atoms with Crippen LogP contribution >= 0.6 is 0 Å². The summed E-state index contributed by atoms with van der Waals surface area (Å²) in [5, 5.41) is 16.9. The van der Waals surface area contributed by atoms with Crippen LogP contribution < -0.4 is 10.6 Å². The number of hydrogen-bond acceptors (Lipinski definition) is 8. The van der Waals surface area contributed by atoms with Crippen molar-refractivity contribution in [1.82, 2.24) is 19.9 Å². The number of nitrogens with one attached hydrogen (secondary N) is 2. The zero-order valence-corrected chi connectivity index (χ0v) is 23.1. The molecule has 0 amide bonds. The summed E-state index contributed by atoms with van der Waals surface area (Å²) in [7, 11) is 1.48. The first-order valence-electron chi connectivity index (χ1n) is 13.8. The van der Waals surface area contributed by atoms with E-state index in [0.717, 1.165) is 50.2 Å². The first-order valence-corrected chi connectivity index (χ1v) is 13.8. The minimum absolute atomic E-state index is 0.252. The maximum atomic E-state index is 13.7. The number of carbonyl (C=O) groups is 1. The molecule has 0 bridgehead atoms. The third kappa shape index (κ3) is 8.04. The van der Waals surface area contributed by atoms with Crippen LogP contribution in [0.4, 0.5) is 20.4 Å². The lowest BCUT2D eigenvalue weighted by Crippen LogP contribution is -2.40. The number of halogens is 2. The minimum atomic E-state index is -1.03. The Morgan fingerprint density at radius 2 is 2.05 bits per heavy atom. The first kappa shape index (κ1) is 29.5. The number of aromatic nitrogens is 3. The molecule has 0 fully saturated rings. The van der Waals surface area contributed by atoms with Crippen molar-refractivity contribution in [3.8, 4) is 0 Å². The zero-order valence-electron chi connectivity index (χ0n) is 23.1. The predicted molar refractivity (Wildman–Crippen MR) is 151 cm³/mol. The molecular weight excluding hydrogens is 518 g/mol. The normalized spacial score (nSPS) is 14.5. The summed E-state index contributed by atoms with van der Waals surface area (Å²) in [6, 6.07) is 7.41. The quantitative estimate of drug-likeness (QED) is 0.235. The molecule has 3 aromatic rings. The monoisotopic (exact) mass is 556 g/mol. The number of alkyl halides is 1. The van der Waals surface area contributed by atoms with E-state index in [0.29, 0.717) is 42.2 Å². The van der Waals surface area contributed by atoms with Crippen molar-refractivity contribution < 1.29 is 23.4 Å². The van der Waals surface area contributed by atoms with Gasteiger partial charge in [0.2, 0.25) is 0 Å². The standard InChI is InChI=1S/C29H38F2N6O3/c1-19-33-26-16-21(31)9-11-24(26)28(34-19)36-25(29(38)39)12-15-37(18-23(17-30)40-2)14-4-3-7-22-10-8-20-6-5-13-32-27(20)35-22/h8-11,16,23,25H,3-7,12-15,17-18H2,1-2H3,(H,32,35)(H,38,39)(H,33,34,36)/t23-,25?/m1/s1. The van der Waals surface area contributed by atoms with E-state index in [-0.39, 0.29) is 6.42 Å². The van der Waals surface area contributed by atoms with E-state index in [9.17, 15) is 18.7 Å². The van der Waals surface area contributed by atoms with Crippen molar-refractivity contribution in [3.63, 3.8) is 0 Å². The van der Waals surface area contributed by atoms with Crippen LogP contribution in [0, 0.1) is 12.7 Å². The summed E-state index contributed by atoms with van der Waals surface area (Å²) in [6.45, 7) is 3.44. The topological polar surface area (TPSA) is 113 Å². The Kier molecular flexibility index (Phi) is 10.5. The number of pyridine rings is 1. The molecule has 1 aliphatic rings. The summed E-state index contributed by atoms with van der Waals surface area (Å²) in [5.41, 5.74) is 2.70. The van der Waals surface area contributed by atoms with Gasteiger partial charge in [0.25, 0.3) is 0 Å². The number of ether oxygens (including phenoxy) is 1. The van der Waals surface area contributed by atoms with Gasteiger partial charge < -0.3 is 25.4 Å². The highest BCUT2D eigenvalue weighted by Gasteiger charge is 2.22. The number of fused-ring (bicyclic) bond motifs is 2. The van der Waals surface area contributed by atoms with Crippen LogP contribution in [0.3, 0.4) is 0 Å². The van der Waals surface area contributed by atoms with Crippen molar-refractivity contribution in [3.05, 3.63) is 53.2 Å².